The van der Waals surface area contributed by atoms with Crippen LogP contribution < -0.4 is 0 Å². The van der Waals surface area contributed by atoms with Crippen LogP contribution in [0.15, 0.2) is 24.3 Å². The fraction of sp³-hybridized carbons (Fsp3) is 0.438. The van der Waals surface area contributed by atoms with Crippen LogP contribution in [0.5, 0.6) is 0 Å². The van der Waals surface area contributed by atoms with Crippen molar-refractivity contribution in [3.63, 3.8) is 0 Å². The van der Waals surface area contributed by atoms with Crippen LogP contribution in [0.2, 0.25) is 0 Å². The maximum absolute atomic E-state index is 12.2. The third kappa shape index (κ3) is 3.76. The zero-order valence-corrected chi connectivity index (χ0v) is 13.5. The van der Waals surface area contributed by atoms with E-state index in [2.05, 4.69) is 0 Å². The van der Waals surface area contributed by atoms with E-state index >= 15 is 0 Å². The van der Waals surface area contributed by atoms with E-state index in [1.54, 1.807) is 0 Å². The van der Waals surface area contributed by atoms with Crippen molar-refractivity contribution in [2.75, 3.05) is 0 Å². The minimum atomic E-state index is -1.36. The van der Waals surface area contributed by atoms with E-state index in [-0.39, 0.29) is 17.9 Å². The lowest BCUT2D eigenvalue weighted by molar-refractivity contribution is -0.384. The largest absolute Gasteiger partial charge is 0.422 e. The van der Waals surface area contributed by atoms with Crippen LogP contribution in [0.1, 0.15) is 38.7 Å². The van der Waals surface area contributed by atoms with Gasteiger partial charge in [0.05, 0.1) is 4.92 Å². The van der Waals surface area contributed by atoms with Gasteiger partial charge in [0, 0.05) is 38.3 Å². The Bertz CT molecular complexity index is 673. The van der Waals surface area contributed by atoms with Gasteiger partial charge in [-0.15, -0.1) is 0 Å². The molecule has 0 N–H and O–H groups in total. The third-order valence-corrected chi connectivity index (χ3v) is 3.64. The molecule has 1 aliphatic rings. The maximum atomic E-state index is 12.2. The van der Waals surface area contributed by atoms with Gasteiger partial charge in [0.15, 0.2) is 5.92 Å². The van der Waals surface area contributed by atoms with Gasteiger partial charge in [0.1, 0.15) is 5.78 Å². The Hall–Kier alpha value is -2.77. The highest BCUT2D eigenvalue weighted by molar-refractivity contribution is 5.98. The number of benzene rings is 1. The number of nitro benzene ring substituents is 1. The first-order valence-corrected chi connectivity index (χ1v) is 7.30. The minimum Gasteiger partial charge on any atom is -0.422 e. The summed E-state index contributed by atoms with van der Waals surface area (Å²) in [5.74, 6) is -5.24. The fourth-order valence-corrected chi connectivity index (χ4v) is 2.64. The van der Waals surface area contributed by atoms with Gasteiger partial charge in [-0.1, -0.05) is 12.1 Å². The molecule has 1 fully saturated rings. The number of Topliss-reactive ketones (excluding diaryl/α,β-unsaturated/α-hetero) is 1. The van der Waals surface area contributed by atoms with Crippen molar-refractivity contribution in [2.24, 2.45) is 5.92 Å². The van der Waals surface area contributed by atoms with Crippen LogP contribution in [0.3, 0.4) is 0 Å². The fourth-order valence-electron chi connectivity index (χ4n) is 2.64. The Labute approximate surface area is 137 Å². The van der Waals surface area contributed by atoms with Crippen LogP contribution in [-0.2, 0) is 23.9 Å². The van der Waals surface area contributed by atoms with Gasteiger partial charge in [-0.25, -0.2) is 0 Å². The summed E-state index contributed by atoms with van der Waals surface area (Å²) >= 11 is 0. The summed E-state index contributed by atoms with van der Waals surface area (Å²) in [5.41, 5.74) is 0.324. The molecule has 0 bridgehead atoms. The first-order chi connectivity index (χ1) is 11.1. The highest BCUT2D eigenvalue weighted by Gasteiger charge is 2.47. The first kappa shape index (κ1) is 17.6. The molecule has 0 spiro atoms. The molecule has 2 rings (SSSR count). The summed E-state index contributed by atoms with van der Waals surface area (Å²) in [6.07, 6.45) is -0.0902. The molecule has 1 saturated heterocycles. The van der Waals surface area contributed by atoms with E-state index in [1.807, 2.05) is 0 Å². The highest BCUT2D eigenvalue weighted by Crippen LogP contribution is 2.36. The van der Waals surface area contributed by atoms with Crippen molar-refractivity contribution in [3.05, 3.63) is 39.9 Å². The molecule has 0 aromatic heterocycles. The average molecular weight is 335 g/mol. The second-order valence-corrected chi connectivity index (χ2v) is 6.08. The zero-order valence-electron chi connectivity index (χ0n) is 13.5. The molecular formula is C16H17NO7. The summed E-state index contributed by atoms with van der Waals surface area (Å²) < 4.78 is 10.2. The van der Waals surface area contributed by atoms with Crippen LogP contribution in [0.25, 0.3) is 0 Å². The van der Waals surface area contributed by atoms with Crippen molar-refractivity contribution in [1.29, 1.82) is 0 Å². The van der Waals surface area contributed by atoms with Crippen molar-refractivity contribution >= 4 is 23.4 Å². The van der Waals surface area contributed by atoms with Crippen molar-refractivity contribution in [3.8, 4) is 0 Å². The quantitative estimate of drug-likeness (QED) is 0.350. The van der Waals surface area contributed by atoms with Gasteiger partial charge >= 0.3 is 11.9 Å². The molecule has 128 valence electrons. The number of nitro groups is 1. The van der Waals surface area contributed by atoms with Crippen LogP contribution in [0, 0.1) is 16.0 Å². The SMILES string of the molecule is CC(=O)CC(c1ccc([N+](=O)[O-])cc1)C1C(=O)OC(C)(C)OC1=O. The van der Waals surface area contributed by atoms with E-state index < -0.39 is 34.5 Å². The number of ether oxygens (including phenoxy) is 2. The Morgan fingerprint density at radius 3 is 2.12 bits per heavy atom. The second-order valence-electron chi connectivity index (χ2n) is 6.08. The van der Waals surface area contributed by atoms with E-state index in [4.69, 9.17) is 9.47 Å². The first-order valence-electron chi connectivity index (χ1n) is 7.30. The number of hydrogen-bond donors (Lipinski definition) is 0. The van der Waals surface area contributed by atoms with Gasteiger partial charge in [-0.3, -0.25) is 19.7 Å². The molecule has 1 unspecified atom stereocenters. The zero-order chi connectivity index (χ0) is 18.1. The monoisotopic (exact) mass is 335 g/mol. The van der Waals surface area contributed by atoms with Crippen LogP contribution in [-0.4, -0.2) is 28.4 Å². The number of carbonyl (C=O) groups is 3. The van der Waals surface area contributed by atoms with Gasteiger partial charge in [0.25, 0.3) is 11.5 Å². The number of rotatable bonds is 5. The van der Waals surface area contributed by atoms with Crippen LogP contribution in [0.4, 0.5) is 5.69 Å². The number of nitrogens with zero attached hydrogens (tertiary/aromatic N) is 1. The summed E-state index contributed by atoms with van der Waals surface area (Å²) in [4.78, 5) is 46.3. The highest BCUT2D eigenvalue weighted by atomic mass is 16.7. The molecule has 0 aliphatic carbocycles. The topological polar surface area (TPSA) is 113 Å². The normalized spacial score (nSPS) is 18.5. The van der Waals surface area contributed by atoms with Gasteiger partial charge < -0.3 is 14.3 Å². The van der Waals surface area contributed by atoms with Crippen LogP contribution >= 0.6 is 0 Å². The van der Waals surface area contributed by atoms with Gasteiger partial charge in [-0.2, -0.15) is 0 Å². The van der Waals surface area contributed by atoms with Gasteiger partial charge in [0.2, 0.25) is 0 Å². The molecule has 8 nitrogen and oxygen atoms in total. The van der Waals surface area contributed by atoms with Crippen molar-refractivity contribution < 1.29 is 28.8 Å². The molecule has 0 saturated carbocycles. The minimum absolute atomic E-state index is 0.0902. The smallest absolute Gasteiger partial charge is 0.324 e. The average Bonchev–Trinajstić information content (AvgIpc) is 2.43. The Morgan fingerprint density at radius 2 is 1.71 bits per heavy atom. The Kier molecular flexibility index (Phi) is 4.68. The molecule has 1 aliphatic heterocycles. The maximum Gasteiger partial charge on any atom is 0.324 e. The molecule has 24 heavy (non-hydrogen) atoms. The number of cyclic esters (lactones) is 2. The standard InChI is InChI=1S/C16H17NO7/c1-9(18)8-12(10-4-6-11(7-5-10)17(21)22)13-14(19)23-16(2,3)24-15(13)20/h4-7,12-13H,8H2,1-3H3. The molecule has 1 aromatic rings. The number of carbonyl (C=O) groups excluding carboxylic acids is 3. The van der Waals surface area contributed by atoms with E-state index in [9.17, 15) is 24.5 Å². The van der Waals surface area contributed by atoms with Crippen molar-refractivity contribution in [2.45, 2.75) is 38.9 Å². The summed E-state index contributed by atoms with van der Waals surface area (Å²) in [6.45, 7) is 4.21. The molecular weight excluding hydrogens is 318 g/mol. The molecule has 8 heteroatoms. The number of hydrogen-bond acceptors (Lipinski definition) is 7. The molecule has 1 aromatic carbocycles. The second kappa shape index (κ2) is 6.38. The predicted molar refractivity (Wildman–Crippen MR) is 80.9 cm³/mol. The number of ketones is 1. The third-order valence-electron chi connectivity index (χ3n) is 3.64. The van der Waals surface area contributed by atoms with Gasteiger partial charge in [-0.05, 0) is 12.5 Å². The number of non-ortho nitro benzene ring substituents is 1. The van der Waals surface area contributed by atoms with E-state index in [0.717, 1.165) is 0 Å². The summed E-state index contributed by atoms with van der Waals surface area (Å²) in [7, 11) is 0. The molecule has 0 radical (unpaired) electrons. The predicted octanol–water partition coefficient (Wildman–Crippen LogP) is 2.11. The Balaban J connectivity index is 2.38. The lowest BCUT2D eigenvalue weighted by Gasteiger charge is -2.35. The van der Waals surface area contributed by atoms with E-state index in [0.29, 0.717) is 5.56 Å². The lowest BCUT2D eigenvalue weighted by Crippen LogP contribution is -2.48. The Morgan fingerprint density at radius 1 is 1.21 bits per heavy atom. The van der Waals surface area contributed by atoms with E-state index in [1.165, 1.54) is 45.0 Å². The summed E-state index contributed by atoms with van der Waals surface area (Å²) in [6, 6.07) is 5.36. The summed E-state index contributed by atoms with van der Waals surface area (Å²) in [5, 5.41) is 10.7. The number of esters is 2. The molecule has 1 heterocycles. The van der Waals surface area contributed by atoms with Crippen molar-refractivity contribution in [1.82, 2.24) is 0 Å². The molecule has 0 amide bonds. The lowest BCUT2D eigenvalue weighted by atomic mass is 9.82. The molecule has 1 atom stereocenters.